The third kappa shape index (κ3) is 15.8. The molecular weight excluding hydrogens is 282 g/mol. The molecule has 136 valence electrons. The lowest BCUT2D eigenvalue weighted by Gasteiger charge is -2.20. The van der Waals surface area contributed by atoms with Gasteiger partial charge in [-0.3, -0.25) is 0 Å². The molecule has 1 unspecified atom stereocenters. The van der Waals surface area contributed by atoms with Crippen molar-refractivity contribution >= 4 is 6.29 Å². The van der Waals surface area contributed by atoms with Gasteiger partial charge in [0.05, 0.1) is 0 Å². The largest absolute Gasteiger partial charge is 0.313 e. The Hall–Kier alpha value is -0.890. The van der Waals surface area contributed by atoms with Crippen LogP contribution >= 0.6 is 0 Å². The molecule has 1 aliphatic rings. The second kappa shape index (κ2) is 19.2. The van der Waals surface area contributed by atoms with Crippen molar-refractivity contribution in [3.05, 3.63) is 23.8 Å². The van der Waals surface area contributed by atoms with E-state index in [1.807, 2.05) is 14.0 Å². The molecule has 2 heteroatoms. The zero-order chi connectivity index (χ0) is 17.9. The quantitative estimate of drug-likeness (QED) is 0.548. The maximum Gasteiger partial charge on any atom is 0.119 e. The number of likely N-dealkylation sites (N-methyl/N-ethyl adjacent to an activating group) is 1. The van der Waals surface area contributed by atoms with Gasteiger partial charge in [0, 0.05) is 12.5 Å². The van der Waals surface area contributed by atoms with Gasteiger partial charge in [0.1, 0.15) is 6.29 Å². The van der Waals surface area contributed by atoms with Gasteiger partial charge in [-0.15, -0.1) is 0 Å². The van der Waals surface area contributed by atoms with Crippen molar-refractivity contribution in [2.45, 2.75) is 92.0 Å². The van der Waals surface area contributed by atoms with Crippen LogP contribution in [0.25, 0.3) is 0 Å². The van der Waals surface area contributed by atoms with Crippen LogP contribution in [0.2, 0.25) is 0 Å². The van der Waals surface area contributed by atoms with E-state index < -0.39 is 0 Å². The number of hydrogen-bond acceptors (Lipinski definition) is 2. The number of aldehydes is 1. The van der Waals surface area contributed by atoms with E-state index in [0.717, 1.165) is 18.6 Å². The maximum absolute atomic E-state index is 9.17. The average molecular weight is 324 g/mol. The first-order valence-electron chi connectivity index (χ1n) is 9.57. The first-order valence-corrected chi connectivity index (χ1v) is 9.57. The highest BCUT2D eigenvalue weighted by atomic mass is 16.1. The van der Waals surface area contributed by atoms with E-state index >= 15 is 0 Å². The standard InChI is InChI=1S/C10H17N.C8H18.C3H6O/c1-3-6-9-7-4-5-8-10(9)11-2;1-4-6-8(3)7-5-2;1-2-3-4/h4-5,7,10-11H,3,6,8H2,1-2H3;8H,4-7H2,1-3H3;3H,2H2,1H3. The van der Waals surface area contributed by atoms with Crippen molar-refractivity contribution in [3.8, 4) is 0 Å². The third-order valence-electron chi connectivity index (χ3n) is 3.88. The summed E-state index contributed by atoms with van der Waals surface area (Å²) >= 11 is 0. The fourth-order valence-corrected chi connectivity index (χ4v) is 2.65. The number of carbonyl (C=O) groups is 1. The van der Waals surface area contributed by atoms with Gasteiger partial charge >= 0.3 is 0 Å². The maximum atomic E-state index is 9.17. The zero-order valence-electron chi connectivity index (χ0n) is 16.5. The highest BCUT2D eigenvalue weighted by Crippen LogP contribution is 2.17. The molecule has 0 aromatic rings. The third-order valence-corrected chi connectivity index (χ3v) is 3.88. The van der Waals surface area contributed by atoms with Crippen LogP contribution in [0.5, 0.6) is 0 Å². The first-order chi connectivity index (χ1) is 11.1. The van der Waals surface area contributed by atoms with E-state index in [2.05, 4.69) is 51.2 Å². The normalized spacial score (nSPS) is 16.0. The molecule has 1 rings (SSSR count). The van der Waals surface area contributed by atoms with Crippen LogP contribution in [0.1, 0.15) is 86.0 Å². The molecular formula is C21H41NO. The highest BCUT2D eigenvalue weighted by molar-refractivity contribution is 5.48. The van der Waals surface area contributed by atoms with E-state index in [-0.39, 0.29) is 0 Å². The molecule has 0 radical (unpaired) electrons. The summed E-state index contributed by atoms with van der Waals surface area (Å²) in [6, 6.07) is 0.597. The smallest absolute Gasteiger partial charge is 0.119 e. The Morgan fingerprint density at radius 1 is 1.17 bits per heavy atom. The van der Waals surface area contributed by atoms with E-state index in [1.165, 1.54) is 38.5 Å². The van der Waals surface area contributed by atoms with Crippen LogP contribution in [-0.2, 0) is 4.79 Å². The summed E-state index contributed by atoms with van der Waals surface area (Å²) in [6.07, 6.45) is 17.3. The van der Waals surface area contributed by atoms with E-state index in [4.69, 9.17) is 0 Å². The van der Waals surface area contributed by atoms with Gasteiger partial charge < -0.3 is 10.1 Å². The van der Waals surface area contributed by atoms with Crippen LogP contribution in [-0.4, -0.2) is 19.4 Å². The Kier molecular flexibility index (Phi) is 20.3. The molecule has 1 atom stereocenters. The fraction of sp³-hybridized carbons (Fsp3) is 0.762. The van der Waals surface area contributed by atoms with Gasteiger partial charge in [-0.25, -0.2) is 0 Å². The summed E-state index contributed by atoms with van der Waals surface area (Å²) in [5.41, 5.74) is 1.55. The lowest BCUT2D eigenvalue weighted by molar-refractivity contribution is -0.107. The van der Waals surface area contributed by atoms with Crippen LogP contribution in [0, 0.1) is 5.92 Å². The molecule has 0 aromatic heterocycles. The molecule has 0 saturated carbocycles. The van der Waals surface area contributed by atoms with Crippen molar-refractivity contribution in [2.75, 3.05) is 7.05 Å². The minimum Gasteiger partial charge on any atom is -0.313 e. The molecule has 1 N–H and O–H groups in total. The van der Waals surface area contributed by atoms with Gasteiger partial charge in [0.2, 0.25) is 0 Å². The van der Waals surface area contributed by atoms with Crippen LogP contribution in [0.15, 0.2) is 23.8 Å². The second-order valence-corrected chi connectivity index (χ2v) is 6.25. The van der Waals surface area contributed by atoms with Crippen LogP contribution in [0.3, 0.4) is 0 Å². The Bertz CT molecular complexity index is 301. The van der Waals surface area contributed by atoms with Gasteiger partial charge in [-0.1, -0.05) is 90.5 Å². The van der Waals surface area contributed by atoms with Crippen molar-refractivity contribution in [1.29, 1.82) is 0 Å². The molecule has 0 aliphatic heterocycles. The predicted octanol–water partition coefficient (Wildman–Crippen LogP) is 6.08. The number of rotatable bonds is 8. The molecule has 0 saturated heterocycles. The van der Waals surface area contributed by atoms with Crippen molar-refractivity contribution in [3.63, 3.8) is 0 Å². The zero-order valence-corrected chi connectivity index (χ0v) is 16.5. The summed E-state index contributed by atoms with van der Waals surface area (Å²) in [7, 11) is 2.04. The van der Waals surface area contributed by atoms with Crippen LogP contribution < -0.4 is 5.32 Å². The van der Waals surface area contributed by atoms with Crippen molar-refractivity contribution < 1.29 is 4.79 Å². The van der Waals surface area contributed by atoms with E-state index in [9.17, 15) is 4.79 Å². The Balaban J connectivity index is 0. The van der Waals surface area contributed by atoms with Crippen molar-refractivity contribution in [2.24, 2.45) is 5.92 Å². The highest BCUT2D eigenvalue weighted by Gasteiger charge is 2.10. The lowest BCUT2D eigenvalue weighted by Crippen LogP contribution is -2.27. The summed E-state index contributed by atoms with van der Waals surface area (Å²) < 4.78 is 0. The predicted molar refractivity (Wildman–Crippen MR) is 105 cm³/mol. The Morgan fingerprint density at radius 3 is 2.13 bits per heavy atom. The van der Waals surface area contributed by atoms with Gasteiger partial charge in [-0.05, 0) is 25.8 Å². The molecule has 0 bridgehead atoms. The minimum absolute atomic E-state index is 0.597. The summed E-state index contributed by atoms with van der Waals surface area (Å²) in [5.74, 6) is 0.963. The second-order valence-electron chi connectivity index (χ2n) is 6.25. The monoisotopic (exact) mass is 323 g/mol. The fourth-order valence-electron chi connectivity index (χ4n) is 2.65. The lowest BCUT2D eigenvalue weighted by atomic mass is 9.95. The molecule has 23 heavy (non-hydrogen) atoms. The molecule has 0 amide bonds. The van der Waals surface area contributed by atoms with Gasteiger partial charge in [-0.2, -0.15) is 0 Å². The summed E-state index contributed by atoms with van der Waals surface area (Å²) in [4.78, 5) is 9.17. The van der Waals surface area contributed by atoms with Crippen LogP contribution in [0.4, 0.5) is 0 Å². The average Bonchev–Trinajstić information content (AvgIpc) is 2.57. The molecule has 0 heterocycles. The van der Waals surface area contributed by atoms with Gasteiger partial charge in [0.15, 0.2) is 0 Å². The summed E-state index contributed by atoms with van der Waals surface area (Å²) in [6.45, 7) is 10.9. The number of allylic oxidation sites excluding steroid dienone is 2. The van der Waals surface area contributed by atoms with E-state index in [0.29, 0.717) is 12.5 Å². The molecule has 0 fully saturated rings. The van der Waals surface area contributed by atoms with Gasteiger partial charge in [0.25, 0.3) is 0 Å². The summed E-state index contributed by atoms with van der Waals surface area (Å²) in [5, 5.41) is 3.32. The SMILES string of the molecule is CCC=O.CCCC(C)CCC.CCCC1=CC=CCC1NC. The molecule has 0 aromatic carbocycles. The van der Waals surface area contributed by atoms with Crippen molar-refractivity contribution in [1.82, 2.24) is 5.32 Å². The topological polar surface area (TPSA) is 29.1 Å². The first kappa shape index (κ1) is 24.4. The Morgan fingerprint density at radius 2 is 1.74 bits per heavy atom. The molecule has 1 aliphatic carbocycles. The minimum atomic E-state index is 0.597. The molecule has 0 spiro atoms. The van der Waals surface area contributed by atoms with E-state index in [1.54, 1.807) is 5.57 Å². The number of nitrogens with one attached hydrogen (secondary N) is 1. The number of carbonyl (C=O) groups excluding carboxylic acids is 1. The molecule has 2 nitrogen and oxygen atoms in total. The Labute approximate surface area is 145 Å². The number of hydrogen-bond donors (Lipinski definition) is 1.